The van der Waals surface area contributed by atoms with Gasteiger partial charge in [0, 0.05) is 13.1 Å². The summed E-state index contributed by atoms with van der Waals surface area (Å²) >= 11 is 0. The molecule has 0 heterocycles. The van der Waals surface area contributed by atoms with E-state index in [-0.39, 0.29) is 23.0 Å². The zero-order valence-corrected chi connectivity index (χ0v) is 24.8. The first-order chi connectivity index (χ1) is 20.2. The van der Waals surface area contributed by atoms with Gasteiger partial charge in [-0.1, -0.05) is 66.2 Å². The van der Waals surface area contributed by atoms with E-state index in [1.807, 2.05) is 67.6 Å². The third-order valence-corrected chi connectivity index (χ3v) is 8.49. The standard InChI is InChI=1S/C33H35N3O5S/c1-4-34-33(38)26(3)35(23-27-11-7-5-8-12-27)32(37)24-36(42(39,40)31-21-15-25(2)16-22-31)28-17-19-30(20-18-28)41-29-13-9-6-10-14-29/h5-22,26H,4,23-24H2,1-3H3,(H,34,38)/t26-/m0/s1. The summed E-state index contributed by atoms with van der Waals surface area (Å²) in [5.74, 6) is 0.315. The molecule has 4 aromatic carbocycles. The van der Waals surface area contributed by atoms with Crippen LogP contribution in [-0.4, -0.2) is 44.3 Å². The average molecular weight is 586 g/mol. The first kappa shape index (κ1) is 30.3. The summed E-state index contributed by atoms with van der Waals surface area (Å²) < 4.78 is 34.9. The number of hydrogen-bond acceptors (Lipinski definition) is 5. The fourth-order valence-corrected chi connectivity index (χ4v) is 5.77. The molecule has 1 N–H and O–H groups in total. The molecule has 0 aliphatic rings. The summed E-state index contributed by atoms with van der Waals surface area (Å²) in [5, 5.41) is 2.76. The van der Waals surface area contributed by atoms with Crippen LogP contribution in [0, 0.1) is 6.92 Å². The first-order valence-electron chi connectivity index (χ1n) is 13.7. The van der Waals surface area contributed by atoms with E-state index in [9.17, 15) is 18.0 Å². The molecule has 0 aromatic heterocycles. The number of nitrogens with zero attached hydrogens (tertiary/aromatic N) is 2. The third kappa shape index (κ3) is 7.55. The number of ether oxygens (including phenoxy) is 1. The van der Waals surface area contributed by atoms with Crippen molar-refractivity contribution in [3.8, 4) is 11.5 Å². The van der Waals surface area contributed by atoms with Crippen molar-refractivity contribution in [3.63, 3.8) is 0 Å². The van der Waals surface area contributed by atoms with Crippen molar-refractivity contribution in [2.24, 2.45) is 0 Å². The predicted octanol–water partition coefficient (Wildman–Crippen LogP) is 5.54. The lowest BCUT2D eigenvalue weighted by molar-refractivity contribution is -0.139. The first-order valence-corrected chi connectivity index (χ1v) is 15.2. The van der Waals surface area contributed by atoms with Gasteiger partial charge in [0.1, 0.15) is 24.1 Å². The van der Waals surface area contributed by atoms with Crippen LogP contribution in [0.3, 0.4) is 0 Å². The van der Waals surface area contributed by atoms with Gasteiger partial charge in [-0.05, 0) is 74.9 Å². The van der Waals surface area contributed by atoms with Crippen LogP contribution in [0.15, 0.2) is 114 Å². The molecule has 218 valence electrons. The molecule has 0 bridgehead atoms. The number of anilines is 1. The summed E-state index contributed by atoms with van der Waals surface area (Å²) in [5.41, 5.74) is 2.01. The van der Waals surface area contributed by atoms with Crippen molar-refractivity contribution in [2.75, 3.05) is 17.4 Å². The van der Waals surface area contributed by atoms with Gasteiger partial charge >= 0.3 is 0 Å². The van der Waals surface area contributed by atoms with Crippen LogP contribution in [0.1, 0.15) is 25.0 Å². The largest absolute Gasteiger partial charge is 0.457 e. The SMILES string of the molecule is CCNC(=O)[C@H](C)N(Cc1ccccc1)C(=O)CN(c1ccc(Oc2ccccc2)cc1)S(=O)(=O)c1ccc(C)cc1. The molecule has 4 aromatic rings. The van der Waals surface area contributed by atoms with Gasteiger partial charge in [0.2, 0.25) is 11.8 Å². The highest BCUT2D eigenvalue weighted by Gasteiger charge is 2.32. The van der Waals surface area contributed by atoms with Crippen molar-refractivity contribution in [1.82, 2.24) is 10.2 Å². The van der Waals surface area contributed by atoms with Crippen LogP contribution in [0.4, 0.5) is 5.69 Å². The highest BCUT2D eigenvalue weighted by Crippen LogP contribution is 2.28. The van der Waals surface area contributed by atoms with Crippen LogP contribution in [0.5, 0.6) is 11.5 Å². The number of amides is 2. The maximum absolute atomic E-state index is 14.0. The number of sulfonamides is 1. The van der Waals surface area contributed by atoms with E-state index in [4.69, 9.17) is 4.74 Å². The number of para-hydroxylation sites is 1. The molecule has 9 heteroatoms. The molecular weight excluding hydrogens is 550 g/mol. The van der Waals surface area contributed by atoms with Crippen molar-refractivity contribution < 1.29 is 22.7 Å². The molecule has 0 saturated heterocycles. The second-order valence-corrected chi connectivity index (χ2v) is 11.7. The second kappa shape index (κ2) is 13.8. The Morgan fingerprint density at radius 2 is 1.38 bits per heavy atom. The lowest BCUT2D eigenvalue weighted by atomic mass is 10.1. The maximum atomic E-state index is 14.0. The Labute approximate surface area is 247 Å². The van der Waals surface area contributed by atoms with Crippen molar-refractivity contribution >= 4 is 27.5 Å². The normalized spacial score (nSPS) is 11.8. The van der Waals surface area contributed by atoms with Gasteiger partial charge in [0.25, 0.3) is 10.0 Å². The minimum atomic E-state index is -4.16. The molecule has 0 unspecified atom stereocenters. The number of carbonyl (C=O) groups excluding carboxylic acids is 2. The number of carbonyl (C=O) groups is 2. The van der Waals surface area contributed by atoms with Gasteiger partial charge in [-0.3, -0.25) is 13.9 Å². The Morgan fingerprint density at radius 3 is 1.98 bits per heavy atom. The van der Waals surface area contributed by atoms with E-state index < -0.39 is 28.5 Å². The van der Waals surface area contributed by atoms with E-state index in [0.29, 0.717) is 18.0 Å². The number of rotatable bonds is 12. The van der Waals surface area contributed by atoms with Crippen LogP contribution in [-0.2, 0) is 26.2 Å². The summed E-state index contributed by atoms with van der Waals surface area (Å²) in [6, 6.07) is 30.7. The fraction of sp³-hybridized carbons (Fsp3) is 0.212. The predicted molar refractivity (Wildman–Crippen MR) is 164 cm³/mol. The van der Waals surface area contributed by atoms with E-state index in [2.05, 4.69) is 5.32 Å². The van der Waals surface area contributed by atoms with E-state index in [1.165, 1.54) is 17.0 Å². The Bertz CT molecular complexity index is 1580. The lowest BCUT2D eigenvalue weighted by Crippen LogP contribution is -2.51. The molecule has 4 rings (SSSR count). The minimum Gasteiger partial charge on any atom is -0.457 e. The molecule has 0 radical (unpaired) electrons. The molecule has 0 fully saturated rings. The maximum Gasteiger partial charge on any atom is 0.264 e. The van der Waals surface area contributed by atoms with Crippen molar-refractivity contribution in [2.45, 2.75) is 38.3 Å². The Morgan fingerprint density at radius 1 is 0.810 bits per heavy atom. The number of nitrogens with one attached hydrogen (secondary N) is 1. The van der Waals surface area contributed by atoms with Gasteiger partial charge < -0.3 is 15.0 Å². The summed E-state index contributed by atoms with van der Waals surface area (Å²) in [7, 11) is -4.16. The second-order valence-electron chi connectivity index (χ2n) is 9.81. The average Bonchev–Trinajstić information content (AvgIpc) is 3.00. The van der Waals surface area contributed by atoms with Crippen LogP contribution < -0.4 is 14.4 Å². The Kier molecular flexibility index (Phi) is 9.98. The Hall–Kier alpha value is -4.63. The molecule has 0 aliphatic carbocycles. The van der Waals surface area contributed by atoms with Gasteiger partial charge in [0.05, 0.1) is 10.6 Å². The van der Waals surface area contributed by atoms with Gasteiger partial charge in [-0.2, -0.15) is 0 Å². The molecule has 0 spiro atoms. The lowest BCUT2D eigenvalue weighted by Gasteiger charge is -2.32. The zero-order valence-electron chi connectivity index (χ0n) is 23.9. The fourth-order valence-electron chi connectivity index (χ4n) is 4.36. The van der Waals surface area contributed by atoms with Crippen LogP contribution in [0.25, 0.3) is 0 Å². The summed E-state index contributed by atoms with van der Waals surface area (Å²) in [6.45, 7) is 5.34. The monoisotopic (exact) mass is 585 g/mol. The number of benzene rings is 4. The number of aryl methyl sites for hydroxylation is 1. The van der Waals surface area contributed by atoms with Gasteiger partial charge in [-0.15, -0.1) is 0 Å². The third-order valence-electron chi connectivity index (χ3n) is 6.71. The highest BCUT2D eigenvalue weighted by molar-refractivity contribution is 7.92. The zero-order chi connectivity index (χ0) is 30.1. The summed E-state index contributed by atoms with van der Waals surface area (Å²) in [6.07, 6.45) is 0. The Balaban J connectivity index is 1.69. The molecule has 42 heavy (non-hydrogen) atoms. The van der Waals surface area contributed by atoms with Crippen LogP contribution >= 0.6 is 0 Å². The topological polar surface area (TPSA) is 96.0 Å². The van der Waals surface area contributed by atoms with Gasteiger partial charge in [0.15, 0.2) is 0 Å². The molecule has 1 atom stereocenters. The van der Waals surface area contributed by atoms with E-state index >= 15 is 0 Å². The molecule has 0 saturated carbocycles. The summed E-state index contributed by atoms with van der Waals surface area (Å²) in [4.78, 5) is 28.2. The number of likely N-dealkylation sites (N-methyl/N-ethyl adjacent to an activating group) is 1. The molecule has 8 nitrogen and oxygen atoms in total. The number of hydrogen-bond donors (Lipinski definition) is 1. The van der Waals surface area contributed by atoms with Crippen molar-refractivity contribution in [3.05, 3.63) is 120 Å². The molecular formula is C33H35N3O5S. The highest BCUT2D eigenvalue weighted by atomic mass is 32.2. The molecule has 2 amide bonds. The van der Waals surface area contributed by atoms with Crippen LogP contribution in [0.2, 0.25) is 0 Å². The minimum absolute atomic E-state index is 0.0527. The van der Waals surface area contributed by atoms with Crippen molar-refractivity contribution in [1.29, 1.82) is 0 Å². The van der Waals surface area contributed by atoms with Gasteiger partial charge in [-0.25, -0.2) is 8.42 Å². The quantitative estimate of drug-likeness (QED) is 0.236. The molecule has 0 aliphatic heterocycles. The smallest absolute Gasteiger partial charge is 0.264 e. The van der Waals surface area contributed by atoms with E-state index in [0.717, 1.165) is 15.4 Å². The van der Waals surface area contributed by atoms with E-state index in [1.54, 1.807) is 50.2 Å².